The Kier molecular flexibility index (Phi) is 6.72. The van der Waals surface area contributed by atoms with E-state index in [0.29, 0.717) is 12.1 Å². The maximum absolute atomic E-state index is 12.8. The summed E-state index contributed by atoms with van der Waals surface area (Å²) >= 11 is 0.852. The number of nitrogens with one attached hydrogen (secondary N) is 2. The molecular formula is C16H12F6N4O2S. The highest BCUT2D eigenvalue weighted by molar-refractivity contribution is 7.99. The zero-order valence-corrected chi connectivity index (χ0v) is 15.3. The SMILES string of the molecule is CC(=O)Nc1ccc(SCC(=O)Nc2cc(C(F)(F)F)cc(C(F)(F)F)c2)nn1. The third-order valence-corrected chi connectivity index (χ3v) is 4.09. The largest absolute Gasteiger partial charge is 0.416 e. The van der Waals surface area contributed by atoms with Crippen molar-refractivity contribution in [2.45, 2.75) is 24.3 Å². The molecule has 2 amide bonds. The van der Waals surface area contributed by atoms with Gasteiger partial charge in [-0.15, -0.1) is 10.2 Å². The van der Waals surface area contributed by atoms with E-state index < -0.39 is 35.1 Å². The summed E-state index contributed by atoms with van der Waals surface area (Å²) in [6, 6.07) is 3.65. The Morgan fingerprint density at radius 1 is 0.931 bits per heavy atom. The average molecular weight is 438 g/mol. The number of nitrogens with zero attached hydrogens (tertiary/aromatic N) is 2. The number of thioether (sulfide) groups is 1. The number of hydrogen-bond acceptors (Lipinski definition) is 5. The van der Waals surface area contributed by atoms with Gasteiger partial charge in [0.1, 0.15) is 5.03 Å². The number of carbonyl (C=O) groups excluding carboxylic acids is 2. The summed E-state index contributed by atoms with van der Waals surface area (Å²) in [6.07, 6.45) is -10.0. The Balaban J connectivity index is 2.07. The lowest BCUT2D eigenvalue weighted by atomic mass is 10.1. The van der Waals surface area contributed by atoms with Gasteiger partial charge in [0, 0.05) is 12.6 Å². The van der Waals surface area contributed by atoms with Crippen molar-refractivity contribution in [3.8, 4) is 0 Å². The molecule has 2 aromatic rings. The molecule has 29 heavy (non-hydrogen) atoms. The molecular weight excluding hydrogens is 426 g/mol. The second-order valence-corrected chi connectivity index (χ2v) is 6.57. The van der Waals surface area contributed by atoms with Crippen LogP contribution in [0.3, 0.4) is 0 Å². The van der Waals surface area contributed by atoms with Gasteiger partial charge in [0.05, 0.1) is 16.9 Å². The molecule has 13 heteroatoms. The molecule has 0 bridgehead atoms. The van der Waals surface area contributed by atoms with E-state index in [1.54, 1.807) is 0 Å². The van der Waals surface area contributed by atoms with Gasteiger partial charge in [0.15, 0.2) is 5.82 Å². The molecule has 6 nitrogen and oxygen atoms in total. The van der Waals surface area contributed by atoms with Gasteiger partial charge in [-0.25, -0.2) is 0 Å². The van der Waals surface area contributed by atoms with E-state index in [4.69, 9.17) is 0 Å². The maximum atomic E-state index is 12.8. The summed E-state index contributed by atoms with van der Waals surface area (Å²) in [4.78, 5) is 22.8. The van der Waals surface area contributed by atoms with Crippen LogP contribution in [-0.4, -0.2) is 27.8 Å². The predicted octanol–water partition coefficient (Wildman–Crippen LogP) is 4.20. The highest BCUT2D eigenvalue weighted by Crippen LogP contribution is 2.37. The first-order valence-electron chi connectivity index (χ1n) is 7.68. The molecule has 1 heterocycles. The van der Waals surface area contributed by atoms with Gasteiger partial charge in [-0.2, -0.15) is 26.3 Å². The smallest absolute Gasteiger partial charge is 0.325 e. The second-order valence-electron chi connectivity index (χ2n) is 5.57. The Bertz CT molecular complexity index is 868. The third-order valence-electron chi connectivity index (χ3n) is 3.17. The number of benzene rings is 1. The summed E-state index contributed by atoms with van der Waals surface area (Å²) in [6.45, 7) is 1.27. The fraction of sp³-hybridized carbons (Fsp3) is 0.250. The van der Waals surface area contributed by atoms with Crippen LogP contribution in [0.4, 0.5) is 37.8 Å². The molecule has 0 radical (unpaired) electrons. The normalized spacial score (nSPS) is 11.8. The molecule has 0 aliphatic heterocycles. The summed E-state index contributed by atoms with van der Waals surface area (Å²) in [5.41, 5.74) is -3.70. The minimum atomic E-state index is -5.01. The number of rotatable bonds is 5. The zero-order valence-electron chi connectivity index (χ0n) is 14.5. The van der Waals surface area contributed by atoms with Gasteiger partial charge in [0.25, 0.3) is 0 Å². The minimum absolute atomic E-state index is 0.0311. The van der Waals surface area contributed by atoms with Crippen LogP contribution in [0, 0.1) is 0 Å². The van der Waals surface area contributed by atoms with Gasteiger partial charge in [-0.3, -0.25) is 9.59 Å². The summed E-state index contributed by atoms with van der Waals surface area (Å²) < 4.78 is 77.0. The van der Waals surface area contributed by atoms with Gasteiger partial charge >= 0.3 is 12.4 Å². The average Bonchev–Trinajstić information content (AvgIpc) is 2.59. The molecule has 0 atom stereocenters. The van der Waals surface area contributed by atoms with Crippen molar-refractivity contribution >= 4 is 35.1 Å². The fourth-order valence-corrected chi connectivity index (χ4v) is 2.62. The lowest BCUT2D eigenvalue weighted by Crippen LogP contribution is -2.17. The monoisotopic (exact) mass is 438 g/mol. The molecule has 156 valence electrons. The second kappa shape index (κ2) is 8.68. The molecule has 0 unspecified atom stereocenters. The van der Waals surface area contributed by atoms with Crippen LogP contribution < -0.4 is 10.6 Å². The molecule has 2 N–H and O–H groups in total. The van der Waals surface area contributed by atoms with Crippen LogP contribution >= 0.6 is 11.8 Å². The quantitative estimate of drug-likeness (QED) is 0.540. The number of carbonyl (C=O) groups is 2. The van der Waals surface area contributed by atoms with E-state index >= 15 is 0 Å². The predicted molar refractivity (Wildman–Crippen MR) is 92.1 cm³/mol. The van der Waals surface area contributed by atoms with Crippen molar-refractivity contribution in [2.75, 3.05) is 16.4 Å². The van der Waals surface area contributed by atoms with Gasteiger partial charge in [0.2, 0.25) is 11.8 Å². The van der Waals surface area contributed by atoms with E-state index in [-0.39, 0.29) is 28.6 Å². The molecule has 2 rings (SSSR count). The van der Waals surface area contributed by atoms with E-state index in [1.165, 1.54) is 19.1 Å². The highest BCUT2D eigenvalue weighted by Gasteiger charge is 2.37. The molecule has 0 aliphatic carbocycles. The lowest BCUT2D eigenvalue weighted by molar-refractivity contribution is -0.143. The lowest BCUT2D eigenvalue weighted by Gasteiger charge is -2.14. The van der Waals surface area contributed by atoms with Gasteiger partial charge < -0.3 is 10.6 Å². The zero-order chi connectivity index (χ0) is 21.8. The van der Waals surface area contributed by atoms with Crippen LogP contribution in [0.25, 0.3) is 0 Å². The van der Waals surface area contributed by atoms with Crippen molar-refractivity contribution < 1.29 is 35.9 Å². The maximum Gasteiger partial charge on any atom is 0.416 e. The standard InChI is InChI=1S/C16H12F6N4O2S/c1-8(27)23-12-2-3-14(26-25-12)29-7-13(28)24-11-5-9(15(17,18)19)4-10(6-11)16(20,21)22/h2-6H,7H2,1H3,(H,24,28)(H,23,25,27). The minimum Gasteiger partial charge on any atom is -0.325 e. The molecule has 1 aromatic carbocycles. The van der Waals surface area contributed by atoms with Gasteiger partial charge in [-0.05, 0) is 30.3 Å². The third kappa shape index (κ3) is 6.93. The Labute approximate surface area is 164 Å². The number of halogens is 6. The Hall–Kier alpha value is -2.83. The molecule has 1 aromatic heterocycles. The van der Waals surface area contributed by atoms with E-state index in [2.05, 4.69) is 15.5 Å². The fourth-order valence-electron chi connectivity index (χ4n) is 2.01. The first-order chi connectivity index (χ1) is 13.3. The summed E-state index contributed by atoms with van der Waals surface area (Å²) in [5, 5.41) is 12.0. The van der Waals surface area contributed by atoms with Crippen molar-refractivity contribution in [3.63, 3.8) is 0 Å². The van der Waals surface area contributed by atoms with Crippen molar-refractivity contribution in [1.82, 2.24) is 10.2 Å². The van der Waals surface area contributed by atoms with Crippen molar-refractivity contribution in [2.24, 2.45) is 0 Å². The van der Waals surface area contributed by atoms with Crippen molar-refractivity contribution in [1.29, 1.82) is 0 Å². The topological polar surface area (TPSA) is 84.0 Å². The molecule has 0 aliphatic rings. The van der Waals surface area contributed by atoms with E-state index in [9.17, 15) is 35.9 Å². The number of aromatic nitrogens is 2. The van der Waals surface area contributed by atoms with Crippen LogP contribution in [-0.2, 0) is 21.9 Å². The molecule has 0 saturated heterocycles. The molecule has 0 fully saturated rings. The van der Waals surface area contributed by atoms with Crippen LogP contribution in [0.2, 0.25) is 0 Å². The van der Waals surface area contributed by atoms with Crippen LogP contribution in [0.15, 0.2) is 35.4 Å². The molecule has 0 spiro atoms. The van der Waals surface area contributed by atoms with E-state index in [0.717, 1.165) is 11.8 Å². The van der Waals surface area contributed by atoms with Crippen LogP contribution in [0.5, 0.6) is 0 Å². The summed E-state index contributed by atoms with van der Waals surface area (Å²) in [7, 11) is 0. The van der Waals surface area contributed by atoms with Crippen LogP contribution in [0.1, 0.15) is 18.1 Å². The highest BCUT2D eigenvalue weighted by atomic mass is 32.2. The van der Waals surface area contributed by atoms with Gasteiger partial charge in [-0.1, -0.05) is 11.8 Å². The van der Waals surface area contributed by atoms with E-state index in [1.807, 2.05) is 5.32 Å². The number of amides is 2. The summed E-state index contributed by atoms with van der Waals surface area (Å²) in [5.74, 6) is -1.37. The first kappa shape index (κ1) is 22.5. The number of anilines is 2. The number of hydrogen-bond donors (Lipinski definition) is 2. The van der Waals surface area contributed by atoms with Crippen molar-refractivity contribution in [3.05, 3.63) is 41.5 Å². The number of alkyl halides is 6. The Morgan fingerprint density at radius 2 is 1.52 bits per heavy atom. The molecule has 0 saturated carbocycles. The first-order valence-corrected chi connectivity index (χ1v) is 8.66. The Morgan fingerprint density at radius 3 is 1.97 bits per heavy atom.